The van der Waals surface area contributed by atoms with Crippen LogP contribution in [0.25, 0.3) is 11.1 Å². The van der Waals surface area contributed by atoms with Crippen LogP contribution in [-0.2, 0) is 10.0 Å². The van der Waals surface area contributed by atoms with Crippen molar-refractivity contribution in [3.05, 3.63) is 18.2 Å². The molecule has 1 aromatic heterocycles. The summed E-state index contributed by atoms with van der Waals surface area (Å²) in [5.74, 6) is 0. The van der Waals surface area contributed by atoms with Gasteiger partial charge in [-0.15, -0.1) is 0 Å². The van der Waals surface area contributed by atoms with E-state index in [4.69, 9.17) is 15.3 Å². The lowest BCUT2D eigenvalue weighted by Gasteiger charge is -1.95. The molecular weight excluding hydrogens is 206 g/mol. The number of nitrogens with zero attached hydrogens (tertiary/aromatic N) is 1. The topological polar surface area (TPSA) is 112 Å². The van der Waals surface area contributed by atoms with Crippen LogP contribution in [0.4, 0.5) is 6.01 Å². The van der Waals surface area contributed by atoms with Crippen LogP contribution in [0.1, 0.15) is 0 Å². The summed E-state index contributed by atoms with van der Waals surface area (Å²) in [6, 6.07) is 4.11. The van der Waals surface area contributed by atoms with Gasteiger partial charge in [-0.3, -0.25) is 0 Å². The first-order valence-corrected chi connectivity index (χ1v) is 5.20. The molecular formula is C7H7N3O3S. The largest absolute Gasteiger partial charge is 0.424 e. The molecule has 0 atom stereocenters. The number of primary sulfonamides is 1. The predicted molar refractivity (Wildman–Crippen MR) is 49.8 cm³/mol. The quantitative estimate of drug-likeness (QED) is 0.695. The minimum atomic E-state index is -3.71. The smallest absolute Gasteiger partial charge is 0.292 e. The fourth-order valence-electron chi connectivity index (χ4n) is 1.10. The van der Waals surface area contributed by atoms with Crippen molar-refractivity contribution in [1.82, 2.24) is 4.98 Å². The van der Waals surface area contributed by atoms with Gasteiger partial charge in [-0.1, -0.05) is 0 Å². The van der Waals surface area contributed by atoms with Crippen LogP contribution in [0.5, 0.6) is 0 Å². The Morgan fingerprint density at radius 1 is 1.36 bits per heavy atom. The predicted octanol–water partition coefficient (Wildman–Crippen LogP) is 0.0574. The Morgan fingerprint density at radius 2 is 2.07 bits per heavy atom. The van der Waals surface area contributed by atoms with Crippen LogP contribution in [0.15, 0.2) is 27.5 Å². The maximum absolute atomic E-state index is 11.0. The van der Waals surface area contributed by atoms with Gasteiger partial charge in [0.2, 0.25) is 10.0 Å². The molecule has 0 saturated heterocycles. The molecule has 0 aliphatic heterocycles. The highest BCUT2D eigenvalue weighted by atomic mass is 32.2. The van der Waals surface area contributed by atoms with Gasteiger partial charge in [0.05, 0.1) is 4.90 Å². The van der Waals surface area contributed by atoms with Crippen LogP contribution >= 0.6 is 0 Å². The summed E-state index contributed by atoms with van der Waals surface area (Å²) in [7, 11) is -3.71. The number of anilines is 1. The molecule has 2 aromatic rings. The van der Waals surface area contributed by atoms with Gasteiger partial charge in [0, 0.05) is 6.07 Å². The van der Waals surface area contributed by atoms with Crippen LogP contribution < -0.4 is 10.9 Å². The van der Waals surface area contributed by atoms with Gasteiger partial charge in [0.1, 0.15) is 5.52 Å². The summed E-state index contributed by atoms with van der Waals surface area (Å²) in [4.78, 5) is 3.79. The van der Waals surface area contributed by atoms with Gasteiger partial charge >= 0.3 is 0 Å². The van der Waals surface area contributed by atoms with Crippen molar-refractivity contribution in [3.8, 4) is 0 Å². The van der Waals surface area contributed by atoms with E-state index in [9.17, 15) is 8.42 Å². The molecule has 0 aliphatic rings. The van der Waals surface area contributed by atoms with Crippen molar-refractivity contribution in [2.24, 2.45) is 5.14 Å². The second kappa shape index (κ2) is 2.69. The highest BCUT2D eigenvalue weighted by molar-refractivity contribution is 7.89. The number of hydrogen-bond donors (Lipinski definition) is 2. The Bertz CT molecular complexity index is 587. The normalized spacial score (nSPS) is 12.1. The first kappa shape index (κ1) is 8.97. The number of benzene rings is 1. The first-order valence-electron chi connectivity index (χ1n) is 3.66. The molecule has 0 spiro atoms. The fraction of sp³-hybridized carbons (Fsp3) is 0. The molecule has 1 aromatic carbocycles. The summed E-state index contributed by atoms with van der Waals surface area (Å²) < 4.78 is 26.9. The number of sulfonamides is 1. The van der Waals surface area contributed by atoms with Crippen LogP contribution in [0.3, 0.4) is 0 Å². The van der Waals surface area contributed by atoms with E-state index in [0.29, 0.717) is 11.1 Å². The van der Waals surface area contributed by atoms with Crippen molar-refractivity contribution in [2.45, 2.75) is 4.90 Å². The van der Waals surface area contributed by atoms with Crippen molar-refractivity contribution < 1.29 is 12.8 Å². The SMILES string of the molecule is Nc1nc2ccc(S(N)(=O)=O)cc2o1. The molecule has 7 heteroatoms. The zero-order chi connectivity index (χ0) is 10.3. The third kappa shape index (κ3) is 1.42. The molecule has 14 heavy (non-hydrogen) atoms. The fourth-order valence-corrected chi connectivity index (χ4v) is 1.63. The van der Waals surface area contributed by atoms with E-state index >= 15 is 0 Å². The maximum Gasteiger partial charge on any atom is 0.292 e. The molecule has 0 radical (unpaired) electrons. The molecule has 0 unspecified atom stereocenters. The number of nitrogen functional groups attached to an aromatic ring is 1. The standard InChI is InChI=1S/C7H7N3O3S/c8-7-10-5-2-1-4(14(9,11)12)3-6(5)13-7/h1-3H,(H2,8,10)(H2,9,11,12). The van der Waals surface area contributed by atoms with Gasteiger partial charge < -0.3 is 10.2 Å². The van der Waals surface area contributed by atoms with Crippen LogP contribution in [0.2, 0.25) is 0 Å². The molecule has 2 rings (SSSR count). The van der Waals surface area contributed by atoms with Crippen molar-refractivity contribution in [2.75, 3.05) is 5.73 Å². The second-order valence-electron chi connectivity index (χ2n) is 2.73. The minimum Gasteiger partial charge on any atom is -0.424 e. The van der Waals surface area contributed by atoms with Crippen LogP contribution in [0, 0.1) is 0 Å². The van der Waals surface area contributed by atoms with Crippen molar-refractivity contribution >= 4 is 27.1 Å². The molecule has 6 nitrogen and oxygen atoms in total. The van der Waals surface area contributed by atoms with Gasteiger partial charge in [0.15, 0.2) is 5.58 Å². The van der Waals surface area contributed by atoms with Crippen molar-refractivity contribution in [1.29, 1.82) is 0 Å². The first-order chi connectivity index (χ1) is 6.47. The highest BCUT2D eigenvalue weighted by Crippen LogP contribution is 2.19. The number of nitrogens with two attached hydrogens (primary N) is 2. The average molecular weight is 213 g/mol. The van der Waals surface area contributed by atoms with E-state index in [1.165, 1.54) is 18.2 Å². The number of hydrogen-bond acceptors (Lipinski definition) is 5. The Labute approximate surface area is 79.6 Å². The molecule has 0 fully saturated rings. The zero-order valence-electron chi connectivity index (χ0n) is 6.97. The lowest BCUT2D eigenvalue weighted by Crippen LogP contribution is -2.11. The monoisotopic (exact) mass is 213 g/mol. The average Bonchev–Trinajstić information content (AvgIpc) is 2.41. The Kier molecular flexibility index (Phi) is 1.73. The molecule has 0 saturated carbocycles. The number of rotatable bonds is 1. The van der Waals surface area contributed by atoms with Gasteiger partial charge in [-0.05, 0) is 12.1 Å². The van der Waals surface area contributed by atoms with Gasteiger partial charge in [-0.2, -0.15) is 4.98 Å². The van der Waals surface area contributed by atoms with E-state index in [2.05, 4.69) is 4.98 Å². The number of fused-ring (bicyclic) bond motifs is 1. The number of aromatic nitrogens is 1. The molecule has 4 N–H and O–H groups in total. The molecule has 0 aliphatic carbocycles. The van der Waals surface area contributed by atoms with Gasteiger partial charge in [0.25, 0.3) is 6.01 Å². The van der Waals surface area contributed by atoms with E-state index in [0.717, 1.165) is 0 Å². The molecule has 0 amide bonds. The third-order valence-corrected chi connectivity index (χ3v) is 2.62. The minimum absolute atomic E-state index is 0.00781. The maximum atomic E-state index is 11.0. The zero-order valence-corrected chi connectivity index (χ0v) is 7.78. The van der Waals surface area contributed by atoms with E-state index in [1.807, 2.05) is 0 Å². The Balaban J connectivity index is 2.74. The summed E-state index contributed by atoms with van der Waals surface area (Å²) in [6.45, 7) is 0. The second-order valence-corrected chi connectivity index (χ2v) is 4.29. The summed E-state index contributed by atoms with van der Waals surface area (Å²) >= 11 is 0. The van der Waals surface area contributed by atoms with Gasteiger partial charge in [-0.25, -0.2) is 13.6 Å². The summed E-state index contributed by atoms with van der Waals surface area (Å²) in [5.41, 5.74) is 6.09. The summed E-state index contributed by atoms with van der Waals surface area (Å²) in [6.07, 6.45) is 0. The van der Waals surface area contributed by atoms with E-state index in [-0.39, 0.29) is 10.9 Å². The number of oxazole rings is 1. The Morgan fingerprint density at radius 3 is 2.71 bits per heavy atom. The molecule has 1 heterocycles. The molecule has 0 bridgehead atoms. The third-order valence-electron chi connectivity index (χ3n) is 1.70. The summed E-state index contributed by atoms with van der Waals surface area (Å²) in [5, 5.41) is 4.93. The lowest BCUT2D eigenvalue weighted by atomic mass is 10.3. The lowest BCUT2D eigenvalue weighted by molar-refractivity contribution is 0.596. The van der Waals surface area contributed by atoms with E-state index in [1.54, 1.807) is 0 Å². The van der Waals surface area contributed by atoms with Crippen LogP contribution in [-0.4, -0.2) is 13.4 Å². The Hall–Kier alpha value is -1.60. The highest BCUT2D eigenvalue weighted by Gasteiger charge is 2.10. The van der Waals surface area contributed by atoms with E-state index < -0.39 is 10.0 Å². The molecule has 74 valence electrons. The van der Waals surface area contributed by atoms with Crippen molar-refractivity contribution in [3.63, 3.8) is 0 Å².